The normalized spacial score (nSPS) is 14.8. The third kappa shape index (κ3) is 2.76. The second-order valence-corrected chi connectivity index (χ2v) is 5.70. The van der Waals surface area contributed by atoms with Crippen molar-refractivity contribution in [3.05, 3.63) is 34.9 Å². The van der Waals surface area contributed by atoms with E-state index in [0.29, 0.717) is 0 Å². The van der Waals surface area contributed by atoms with Gasteiger partial charge in [-0.25, -0.2) is 0 Å². The summed E-state index contributed by atoms with van der Waals surface area (Å²) < 4.78 is 0. The minimum absolute atomic E-state index is 0.0639. The summed E-state index contributed by atoms with van der Waals surface area (Å²) in [4.78, 5) is 0. The molecule has 0 unspecified atom stereocenters. The molecule has 0 bridgehead atoms. The molecule has 1 aliphatic carbocycles. The molecule has 2 N–H and O–H groups in total. The van der Waals surface area contributed by atoms with Gasteiger partial charge in [0.25, 0.3) is 0 Å². The first kappa shape index (κ1) is 13.6. The fraction of sp³-hybridized carbons (Fsp3) is 0.625. The molecule has 0 radical (unpaired) electrons. The summed E-state index contributed by atoms with van der Waals surface area (Å²) in [5.41, 5.74) is 3.86. The average Bonchev–Trinajstić information content (AvgIpc) is 2.85. The maximum Gasteiger partial charge on any atom is 0.0512 e. The summed E-state index contributed by atoms with van der Waals surface area (Å²) in [5.74, 6) is 0. The monoisotopic (exact) mass is 248 g/mol. The fourth-order valence-electron chi connectivity index (χ4n) is 3.11. The molecular weight excluding hydrogens is 224 g/mol. The second-order valence-electron chi connectivity index (χ2n) is 5.70. The number of hydrogen-bond donors (Lipinski definition) is 2. The molecule has 1 aromatic rings. The Bertz CT molecular complexity index is 394. The number of hydrogen-bond acceptors (Lipinski definition) is 2. The van der Waals surface area contributed by atoms with Crippen LogP contribution in [0.25, 0.3) is 0 Å². The predicted molar refractivity (Wildman–Crippen MR) is 73.7 cm³/mol. The van der Waals surface area contributed by atoms with Crippen molar-refractivity contribution in [2.45, 2.75) is 45.4 Å². The van der Waals surface area contributed by atoms with Gasteiger partial charge in [-0.3, -0.25) is 0 Å². The first-order chi connectivity index (χ1) is 8.73. The number of aliphatic hydroxyl groups is 2. The summed E-state index contributed by atoms with van der Waals surface area (Å²) in [7, 11) is 0. The molecule has 0 saturated carbocycles. The molecule has 0 heterocycles. The van der Waals surface area contributed by atoms with E-state index in [0.717, 1.165) is 19.3 Å². The largest absolute Gasteiger partial charge is 0.396 e. The number of aryl methyl sites for hydroxylation is 2. The van der Waals surface area contributed by atoms with Gasteiger partial charge in [-0.05, 0) is 48.8 Å². The molecule has 100 valence electrons. The van der Waals surface area contributed by atoms with Crippen LogP contribution < -0.4 is 0 Å². The Morgan fingerprint density at radius 1 is 1.11 bits per heavy atom. The van der Waals surface area contributed by atoms with E-state index in [2.05, 4.69) is 25.1 Å². The van der Waals surface area contributed by atoms with E-state index >= 15 is 0 Å². The lowest BCUT2D eigenvalue weighted by molar-refractivity contribution is 0.0466. The zero-order valence-corrected chi connectivity index (χ0v) is 11.3. The van der Waals surface area contributed by atoms with Gasteiger partial charge < -0.3 is 10.2 Å². The summed E-state index contributed by atoms with van der Waals surface area (Å²) in [6.45, 7) is 2.23. The number of rotatable bonds is 6. The minimum Gasteiger partial charge on any atom is -0.396 e. The highest BCUT2D eigenvalue weighted by atomic mass is 16.3. The van der Waals surface area contributed by atoms with Gasteiger partial charge in [0.05, 0.1) is 13.2 Å². The lowest BCUT2D eigenvalue weighted by Gasteiger charge is -2.29. The molecule has 2 nitrogen and oxygen atoms in total. The minimum atomic E-state index is -0.346. The molecule has 2 rings (SSSR count). The van der Waals surface area contributed by atoms with E-state index in [-0.39, 0.29) is 18.6 Å². The highest BCUT2D eigenvalue weighted by Gasteiger charge is 2.28. The molecule has 2 heteroatoms. The molecule has 1 aromatic carbocycles. The van der Waals surface area contributed by atoms with Crippen molar-refractivity contribution in [1.29, 1.82) is 0 Å². The van der Waals surface area contributed by atoms with Gasteiger partial charge in [0, 0.05) is 5.41 Å². The topological polar surface area (TPSA) is 40.5 Å². The van der Waals surface area contributed by atoms with Crippen molar-refractivity contribution in [2.24, 2.45) is 5.41 Å². The van der Waals surface area contributed by atoms with Crippen LogP contribution in [0.2, 0.25) is 0 Å². The molecule has 0 atom stereocenters. The highest BCUT2D eigenvalue weighted by molar-refractivity contribution is 5.35. The molecular formula is C16H24O2. The SMILES string of the molecule is CCCC(CO)(CO)Cc1ccc2c(c1)CCC2. The van der Waals surface area contributed by atoms with Gasteiger partial charge in [-0.2, -0.15) is 0 Å². The molecule has 0 spiro atoms. The van der Waals surface area contributed by atoms with Crippen LogP contribution >= 0.6 is 0 Å². The lowest BCUT2D eigenvalue weighted by Crippen LogP contribution is -2.32. The lowest BCUT2D eigenvalue weighted by atomic mass is 9.79. The quantitative estimate of drug-likeness (QED) is 0.812. The van der Waals surface area contributed by atoms with Crippen LogP contribution in [0.5, 0.6) is 0 Å². The van der Waals surface area contributed by atoms with E-state index in [4.69, 9.17) is 0 Å². The number of aliphatic hydroxyl groups excluding tert-OH is 2. The van der Waals surface area contributed by atoms with Crippen LogP contribution in [0.15, 0.2) is 18.2 Å². The average molecular weight is 248 g/mol. The van der Waals surface area contributed by atoms with Crippen LogP contribution in [0.4, 0.5) is 0 Å². The highest BCUT2D eigenvalue weighted by Crippen LogP contribution is 2.30. The fourth-order valence-corrected chi connectivity index (χ4v) is 3.11. The van der Waals surface area contributed by atoms with Gasteiger partial charge in [-0.1, -0.05) is 31.5 Å². The van der Waals surface area contributed by atoms with Crippen molar-refractivity contribution in [3.63, 3.8) is 0 Å². The second kappa shape index (κ2) is 5.85. The molecule has 0 aliphatic heterocycles. The van der Waals surface area contributed by atoms with E-state index < -0.39 is 0 Å². The smallest absolute Gasteiger partial charge is 0.0512 e. The Morgan fingerprint density at radius 2 is 1.83 bits per heavy atom. The van der Waals surface area contributed by atoms with Crippen LogP contribution in [0, 0.1) is 5.41 Å². The van der Waals surface area contributed by atoms with E-state index in [1.54, 1.807) is 0 Å². The Morgan fingerprint density at radius 3 is 2.50 bits per heavy atom. The Balaban J connectivity index is 2.16. The van der Waals surface area contributed by atoms with Crippen molar-refractivity contribution in [1.82, 2.24) is 0 Å². The van der Waals surface area contributed by atoms with Crippen molar-refractivity contribution in [2.75, 3.05) is 13.2 Å². The van der Waals surface area contributed by atoms with Gasteiger partial charge in [-0.15, -0.1) is 0 Å². The summed E-state index contributed by atoms with van der Waals surface area (Å²) in [6.07, 6.45) is 6.29. The van der Waals surface area contributed by atoms with E-state index in [1.807, 2.05) is 0 Å². The zero-order chi connectivity index (χ0) is 13.0. The molecule has 18 heavy (non-hydrogen) atoms. The zero-order valence-electron chi connectivity index (χ0n) is 11.3. The number of fused-ring (bicyclic) bond motifs is 1. The Labute approximate surface area is 110 Å². The molecule has 1 aliphatic rings. The predicted octanol–water partition coefficient (Wildman–Crippen LogP) is 2.49. The standard InChI is InChI=1S/C16H24O2/c1-2-8-16(11-17,12-18)10-13-6-7-14-4-3-5-15(14)9-13/h6-7,9,17-18H,2-5,8,10-12H2,1H3. The van der Waals surface area contributed by atoms with E-state index in [9.17, 15) is 10.2 Å². The van der Waals surface area contributed by atoms with Gasteiger partial charge in [0.15, 0.2) is 0 Å². The summed E-state index contributed by atoms with van der Waals surface area (Å²) in [5, 5.41) is 19.2. The van der Waals surface area contributed by atoms with Crippen molar-refractivity contribution >= 4 is 0 Å². The third-order valence-corrected chi connectivity index (χ3v) is 4.19. The Hall–Kier alpha value is -0.860. The maximum absolute atomic E-state index is 9.60. The first-order valence-corrected chi connectivity index (χ1v) is 7.05. The molecule has 0 aromatic heterocycles. The van der Waals surface area contributed by atoms with E-state index in [1.165, 1.54) is 36.0 Å². The van der Waals surface area contributed by atoms with Crippen LogP contribution in [0.3, 0.4) is 0 Å². The van der Waals surface area contributed by atoms with Crippen LogP contribution in [0.1, 0.15) is 42.9 Å². The summed E-state index contributed by atoms with van der Waals surface area (Å²) in [6, 6.07) is 6.67. The van der Waals surface area contributed by atoms with Gasteiger partial charge in [0.2, 0.25) is 0 Å². The molecule has 0 saturated heterocycles. The van der Waals surface area contributed by atoms with Gasteiger partial charge in [0.1, 0.15) is 0 Å². The maximum atomic E-state index is 9.60. The van der Waals surface area contributed by atoms with Crippen molar-refractivity contribution in [3.8, 4) is 0 Å². The van der Waals surface area contributed by atoms with Crippen molar-refractivity contribution < 1.29 is 10.2 Å². The van der Waals surface area contributed by atoms with Crippen LogP contribution in [-0.2, 0) is 19.3 Å². The van der Waals surface area contributed by atoms with Crippen LogP contribution in [-0.4, -0.2) is 23.4 Å². The third-order valence-electron chi connectivity index (χ3n) is 4.19. The first-order valence-electron chi connectivity index (χ1n) is 7.05. The Kier molecular flexibility index (Phi) is 4.41. The number of benzene rings is 1. The molecule has 0 amide bonds. The molecule has 0 fully saturated rings. The van der Waals surface area contributed by atoms with Gasteiger partial charge >= 0.3 is 0 Å². The summed E-state index contributed by atoms with van der Waals surface area (Å²) >= 11 is 0.